The van der Waals surface area contributed by atoms with Crippen LogP contribution >= 0.6 is 0 Å². The van der Waals surface area contributed by atoms with E-state index >= 15 is 0 Å². The van der Waals surface area contributed by atoms with Crippen LogP contribution in [0, 0.1) is 0 Å². The minimum Gasteiger partial charge on any atom is -0.480 e. The summed E-state index contributed by atoms with van der Waals surface area (Å²) in [7, 11) is 1.81. The smallest absolute Gasteiger partial charge is 0.263 e. The second-order valence-corrected chi connectivity index (χ2v) is 6.58. The maximum absolute atomic E-state index is 12.8. The van der Waals surface area contributed by atoms with E-state index in [9.17, 15) is 4.79 Å². The molecular formula is C21H21N3O2. The molecule has 1 aliphatic rings. The second-order valence-electron chi connectivity index (χ2n) is 6.58. The Balaban J connectivity index is 1.42. The van der Waals surface area contributed by atoms with E-state index in [1.165, 1.54) is 5.56 Å². The molecule has 5 heteroatoms. The van der Waals surface area contributed by atoms with E-state index in [1.807, 2.05) is 66.5 Å². The summed E-state index contributed by atoms with van der Waals surface area (Å²) in [6, 6.07) is 17.8. The highest BCUT2D eigenvalue weighted by molar-refractivity contribution is 5.81. The molecule has 0 fully saturated rings. The molecule has 0 spiro atoms. The predicted molar refractivity (Wildman–Crippen MR) is 99.2 cm³/mol. The van der Waals surface area contributed by atoms with Crippen molar-refractivity contribution in [2.75, 3.05) is 7.05 Å². The van der Waals surface area contributed by atoms with E-state index in [-0.39, 0.29) is 5.91 Å². The number of carbonyl (C=O) groups excluding carboxylic acids is 1. The fraction of sp³-hybridized carbons (Fsp3) is 0.238. The van der Waals surface area contributed by atoms with Crippen molar-refractivity contribution in [2.24, 2.45) is 0 Å². The lowest BCUT2D eigenvalue weighted by atomic mass is 10.0. The third-order valence-corrected chi connectivity index (χ3v) is 4.65. The maximum Gasteiger partial charge on any atom is 0.263 e. The molecule has 1 aliphatic heterocycles. The predicted octanol–water partition coefficient (Wildman–Crippen LogP) is 3.22. The van der Waals surface area contributed by atoms with Crippen molar-refractivity contribution in [3.63, 3.8) is 0 Å². The Hall–Kier alpha value is -3.08. The van der Waals surface area contributed by atoms with Crippen molar-refractivity contribution in [1.82, 2.24) is 14.7 Å². The van der Waals surface area contributed by atoms with E-state index in [0.717, 1.165) is 23.4 Å². The van der Waals surface area contributed by atoms with E-state index in [0.29, 0.717) is 13.0 Å². The summed E-state index contributed by atoms with van der Waals surface area (Å²) >= 11 is 0. The summed E-state index contributed by atoms with van der Waals surface area (Å²) in [6.45, 7) is 0.507. The van der Waals surface area contributed by atoms with Gasteiger partial charge in [-0.3, -0.25) is 4.79 Å². The summed E-state index contributed by atoms with van der Waals surface area (Å²) in [5.41, 5.74) is 3.16. The van der Waals surface area contributed by atoms with Gasteiger partial charge in [-0.2, -0.15) is 5.10 Å². The Morgan fingerprint density at radius 1 is 1.19 bits per heavy atom. The summed E-state index contributed by atoms with van der Waals surface area (Å²) in [5.74, 6) is 0.828. The average Bonchev–Trinajstić information content (AvgIpc) is 3.16. The minimum atomic E-state index is -0.418. The number of carbonyl (C=O) groups is 1. The summed E-state index contributed by atoms with van der Waals surface area (Å²) in [4.78, 5) is 14.5. The lowest BCUT2D eigenvalue weighted by Crippen LogP contribution is -2.41. The van der Waals surface area contributed by atoms with Gasteiger partial charge in [0.05, 0.1) is 11.9 Å². The first-order valence-electron chi connectivity index (χ1n) is 8.79. The minimum absolute atomic E-state index is 0.00645. The van der Waals surface area contributed by atoms with Gasteiger partial charge in [-0.1, -0.05) is 36.4 Å². The van der Waals surface area contributed by atoms with Crippen LogP contribution < -0.4 is 4.74 Å². The van der Waals surface area contributed by atoms with Crippen LogP contribution in [0.4, 0.5) is 0 Å². The summed E-state index contributed by atoms with van der Waals surface area (Å²) < 4.78 is 7.74. The van der Waals surface area contributed by atoms with Crippen molar-refractivity contribution in [3.05, 3.63) is 78.1 Å². The molecule has 0 saturated carbocycles. The number of fused-ring (bicyclic) bond motifs is 1. The number of aromatic nitrogens is 2. The van der Waals surface area contributed by atoms with Crippen LogP contribution in [0.5, 0.6) is 5.75 Å². The van der Waals surface area contributed by atoms with Gasteiger partial charge in [0, 0.05) is 25.4 Å². The van der Waals surface area contributed by atoms with Crippen molar-refractivity contribution < 1.29 is 9.53 Å². The molecule has 3 aromatic rings. The number of benzene rings is 2. The Kier molecular flexibility index (Phi) is 4.44. The third kappa shape index (κ3) is 3.33. The monoisotopic (exact) mass is 347 g/mol. The molecule has 5 nitrogen and oxygen atoms in total. The van der Waals surface area contributed by atoms with Crippen LogP contribution in [0.15, 0.2) is 67.0 Å². The molecule has 0 aliphatic carbocycles. The molecular weight excluding hydrogens is 326 g/mol. The zero-order chi connectivity index (χ0) is 17.9. The number of hydrogen-bond acceptors (Lipinski definition) is 3. The largest absolute Gasteiger partial charge is 0.480 e. The van der Waals surface area contributed by atoms with Crippen molar-refractivity contribution in [3.8, 4) is 11.4 Å². The molecule has 0 N–H and O–H groups in total. The number of amides is 1. The topological polar surface area (TPSA) is 47.4 Å². The molecule has 0 unspecified atom stereocenters. The van der Waals surface area contributed by atoms with Gasteiger partial charge in [-0.15, -0.1) is 0 Å². The first-order chi connectivity index (χ1) is 12.7. The number of likely N-dealkylation sites (N-methyl/N-ethyl adjacent to an activating group) is 1. The molecule has 1 amide bonds. The van der Waals surface area contributed by atoms with Crippen LogP contribution in [0.2, 0.25) is 0 Å². The zero-order valence-electron chi connectivity index (χ0n) is 14.7. The first kappa shape index (κ1) is 16.4. The Bertz CT molecular complexity index is 904. The van der Waals surface area contributed by atoms with E-state index in [1.54, 1.807) is 11.1 Å². The van der Waals surface area contributed by atoms with Crippen LogP contribution in [0.25, 0.3) is 5.69 Å². The summed E-state index contributed by atoms with van der Waals surface area (Å²) in [5, 5.41) is 4.39. The molecule has 0 saturated heterocycles. The molecule has 132 valence electrons. The van der Waals surface area contributed by atoms with Gasteiger partial charge in [0.2, 0.25) is 0 Å². The molecule has 0 radical (unpaired) electrons. The number of aryl methyl sites for hydroxylation is 1. The van der Waals surface area contributed by atoms with Gasteiger partial charge in [0.25, 0.3) is 5.91 Å². The van der Waals surface area contributed by atoms with Gasteiger partial charge in [0.1, 0.15) is 5.75 Å². The highest BCUT2D eigenvalue weighted by Gasteiger charge is 2.28. The van der Waals surface area contributed by atoms with Crippen LogP contribution in [0.1, 0.15) is 17.5 Å². The lowest BCUT2D eigenvalue weighted by Gasteiger charge is -2.28. The van der Waals surface area contributed by atoms with Gasteiger partial charge < -0.3 is 9.64 Å². The van der Waals surface area contributed by atoms with E-state index in [2.05, 4.69) is 11.2 Å². The Labute approximate surface area is 152 Å². The van der Waals surface area contributed by atoms with Crippen molar-refractivity contribution in [1.29, 1.82) is 0 Å². The molecule has 1 aromatic heterocycles. The number of para-hydroxylation sites is 2. The quantitative estimate of drug-likeness (QED) is 0.728. The lowest BCUT2D eigenvalue weighted by molar-refractivity contribution is -0.138. The van der Waals surface area contributed by atoms with Crippen molar-refractivity contribution >= 4 is 5.91 Å². The average molecular weight is 347 g/mol. The van der Waals surface area contributed by atoms with E-state index in [4.69, 9.17) is 4.74 Å². The van der Waals surface area contributed by atoms with E-state index < -0.39 is 6.10 Å². The molecule has 2 heterocycles. The SMILES string of the molecule is CN(Cc1cnn(-c2ccccc2)c1)C(=O)[C@H]1CCc2ccccc2O1. The molecule has 2 aromatic carbocycles. The molecule has 4 rings (SSSR count). The zero-order valence-corrected chi connectivity index (χ0v) is 14.7. The second kappa shape index (κ2) is 7.04. The van der Waals surface area contributed by atoms with Crippen LogP contribution in [-0.2, 0) is 17.8 Å². The Morgan fingerprint density at radius 3 is 2.81 bits per heavy atom. The standard InChI is InChI=1S/C21H21N3O2/c1-23(14-16-13-22-24(15-16)18-8-3-2-4-9-18)21(25)20-12-11-17-7-5-6-10-19(17)26-20/h2-10,13,15,20H,11-12,14H2,1H3/t20-/m1/s1. The van der Waals surface area contributed by atoms with Gasteiger partial charge >= 0.3 is 0 Å². The van der Waals surface area contributed by atoms with Gasteiger partial charge in [-0.05, 0) is 36.6 Å². The van der Waals surface area contributed by atoms with Crippen molar-refractivity contribution in [2.45, 2.75) is 25.5 Å². The first-order valence-corrected chi connectivity index (χ1v) is 8.79. The number of nitrogens with zero attached hydrogens (tertiary/aromatic N) is 3. The fourth-order valence-electron chi connectivity index (χ4n) is 3.26. The number of ether oxygens (including phenoxy) is 1. The van der Waals surface area contributed by atoms with Gasteiger partial charge in [-0.25, -0.2) is 4.68 Å². The van der Waals surface area contributed by atoms with Crippen LogP contribution in [-0.4, -0.2) is 33.7 Å². The van der Waals surface area contributed by atoms with Gasteiger partial charge in [0.15, 0.2) is 6.10 Å². The molecule has 26 heavy (non-hydrogen) atoms. The van der Waals surface area contributed by atoms with Crippen LogP contribution in [0.3, 0.4) is 0 Å². The molecule has 1 atom stereocenters. The fourth-order valence-corrected chi connectivity index (χ4v) is 3.26. The molecule has 0 bridgehead atoms. The highest BCUT2D eigenvalue weighted by atomic mass is 16.5. The highest BCUT2D eigenvalue weighted by Crippen LogP contribution is 2.27. The number of rotatable bonds is 4. The summed E-state index contributed by atoms with van der Waals surface area (Å²) in [6.07, 6.45) is 4.92. The Morgan fingerprint density at radius 2 is 1.96 bits per heavy atom. The number of hydrogen-bond donors (Lipinski definition) is 0. The maximum atomic E-state index is 12.8. The third-order valence-electron chi connectivity index (χ3n) is 4.65. The normalized spacial score (nSPS) is 15.8.